The van der Waals surface area contributed by atoms with Crippen LogP contribution in [0.5, 0.6) is 5.75 Å². The summed E-state index contributed by atoms with van der Waals surface area (Å²) in [5, 5.41) is 14.2. The van der Waals surface area contributed by atoms with E-state index >= 15 is 0 Å². The van der Waals surface area contributed by atoms with Gasteiger partial charge in [-0.15, -0.1) is 10.2 Å². The lowest BCUT2D eigenvalue weighted by Gasteiger charge is -2.08. The van der Waals surface area contributed by atoms with E-state index < -0.39 is 0 Å². The molecule has 0 amide bonds. The fourth-order valence-electron chi connectivity index (χ4n) is 2.49. The lowest BCUT2D eigenvalue weighted by atomic mass is 10.2. The van der Waals surface area contributed by atoms with E-state index in [4.69, 9.17) is 16.3 Å². The Kier molecular flexibility index (Phi) is 6.56. The van der Waals surface area contributed by atoms with Crippen LogP contribution in [0.4, 0.5) is 5.69 Å². The number of Topliss-reactive ketones (excluding diaryl/α,β-unsaturated/α-hetero) is 1. The molecular weight excluding hydrogens is 410 g/mol. The van der Waals surface area contributed by atoms with Crippen LogP contribution in [0.25, 0.3) is 11.4 Å². The van der Waals surface area contributed by atoms with E-state index in [9.17, 15) is 4.79 Å². The number of hydrazone groups is 1. The summed E-state index contributed by atoms with van der Waals surface area (Å²) in [5.41, 5.74) is 5.39. The van der Waals surface area contributed by atoms with Gasteiger partial charge in [0.25, 0.3) is 0 Å². The zero-order valence-electron chi connectivity index (χ0n) is 16.4. The molecule has 0 unspecified atom stereocenters. The highest BCUT2D eigenvalue weighted by Crippen LogP contribution is 2.26. The number of thioether (sulfide) groups is 1. The maximum atomic E-state index is 12.1. The second-order valence-corrected chi connectivity index (χ2v) is 7.56. The van der Waals surface area contributed by atoms with Crippen molar-refractivity contribution in [1.82, 2.24) is 14.8 Å². The van der Waals surface area contributed by atoms with E-state index in [0.717, 1.165) is 34.3 Å². The predicted molar refractivity (Wildman–Crippen MR) is 117 cm³/mol. The van der Waals surface area contributed by atoms with E-state index in [-0.39, 0.29) is 10.8 Å². The van der Waals surface area contributed by atoms with Gasteiger partial charge in [-0.05, 0) is 60.6 Å². The third-order valence-electron chi connectivity index (χ3n) is 4.22. The van der Waals surface area contributed by atoms with Crippen LogP contribution in [0.2, 0.25) is 5.02 Å². The van der Waals surface area contributed by atoms with Gasteiger partial charge in [0.15, 0.2) is 21.8 Å². The van der Waals surface area contributed by atoms with Crippen LogP contribution in [0.15, 0.2) is 52.7 Å². The van der Waals surface area contributed by atoms with Crippen LogP contribution >= 0.6 is 23.4 Å². The summed E-state index contributed by atoms with van der Waals surface area (Å²) in [5.74, 6) is 1.26. The summed E-state index contributed by atoms with van der Waals surface area (Å²) in [6, 6.07) is 13.0. The SMILES string of the molecule is COc1ccc(-c2nnc(S/C(=N\Nc3cccc(Cl)c3C)C(C)=O)n2C)cc1. The summed E-state index contributed by atoms with van der Waals surface area (Å²) in [6.45, 7) is 3.34. The number of nitrogens with one attached hydrogen (secondary N) is 1. The number of carbonyl (C=O) groups excluding carboxylic acids is 1. The molecule has 1 heterocycles. The van der Waals surface area contributed by atoms with Crippen molar-refractivity contribution >= 4 is 39.9 Å². The fraction of sp³-hybridized carbons (Fsp3) is 0.200. The Balaban J connectivity index is 1.83. The number of methoxy groups -OCH3 is 1. The number of nitrogens with zero attached hydrogens (tertiary/aromatic N) is 4. The number of ether oxygens (including phenoxy) is 1. The first-order valence-corrected chi connectivity index (χ1v) is 9.91. The van der Waals surface area contributed by atoms with Crippen molar-refractivity contribution in [1.29, 1.82) is 0 Å². The summed E-state index contributed by atoms with van der Waals surface area (Å²) < 4.78 is 7.00. The molecule has 150 valence electrons. The van der Waals surface area contributed by atoms with E-state index in [1.807, 2.05) is 54.9 Å². The Bertz CT molecular complexity index is 1060. The zero-order valence-corrected chi connectivity index (χ0v) is 18.0. The maximum absolute atomic E-state index is 12.1. The number of ketones is 1. The summed E-state index contributed by atoms with van der Waals surface area (Å²) >= 11 is 7.28. The molecule has 7 nitrogen and oxygen atoms in total. The number of benzene rings is 2. The molecule has 0 atom stereocenters. The number of rotatable bonds is 6. The van der Waals surface area contributed by atoms with Crippen LogP contribution in [0.1, 0.15) is 12.5 Å². The molecule has 0 aliphatic rings. The molecule has 2 aromatic carbocycles. The monoisotopic (exact) mass is 429 g/mol. The molecule has 3 rings (SSSR count). The first kappa shape index (κ1) is 20.9. The number of halogens is 1. The van der Waals surface area contributed by atoms with Gasteiger partial charge in [-0.25, -0.2) is 0 Å². The molecule has 0 spiro atoms. The predicted octanol–water partition coefficient (Wildman–Crippen LogP) is 4.56. The Morgan fingerprint density at radius 1 is 1.21 bits per heavy atom. The van der Waals surface area contributed by atoms with E-state index in [2.05, 4.69) is 20.7 Å². The third-order valence-corrected chi connectivity index (χ3v) is 5.74. The second kappa shape index (κ2) is 9.11. The first-order valence-electron chi connectivity index (χ1n) is 8.72. The van der Waals surface area contributed by atoms with Gasteiger partial charge in [0.05, 0.1) is 12.8 Å². The zero-order chi connectivity index (χ0) is 21.0. The summed E-state index contributed by atoms with van der Waals surface area (Å²) in [4.78, 5) is 12.1. The quantitative estimate of drug-likeness (QED) is 0.268. The molecule has 0 bridgehead atoms. The molecule has 3 aromatic rings. The highest BCUT2D eigenvalue weighted by Gasteiger charge is 2.17. The minimum absolute atomic E-state index is 0.184. The highest BCUT2D eigenvalue weighted by atomic mass is 35.5. The van der Waals surface area contributed by atoms with Gasteiger partial charge in [0.1, 0.15) is 5.75 Å². The maximum Gasteiger partial charge on any atom is 0.197 e. The second-order valence-electron chi connectivity index (χ2n) is 6.19. The smallest absolute Gasteiger partial charge is 0.197 e. The van der Waals surface area contributed by atoms with E-state index in [1.165, 1.54) is 6.92 Å². The van der Waals surface area contributed by atoms with Crippen molar-refractivity contribution in [2.75, 3.05) is 12.5 Å². The van der Waals surface area contributed by atoms with Gasteiger partial charge >= 0.3 is 0 Å². The largest absolute Gasteiger partial charge is 0.497 e. The van der Waals surface area contributed by atoms with Crippen molar-refractivity contribution in [3.05, 3.63) is 53.1 Å². The van der Waals surface area contributed by atoms with Gasteiger partial charge in [-0.2, -0.15) is 5.10 Å². The standard InChI is InChI=1S/C20H20ClN5O2S/c1-12-16(21)6-5-7-17(12)22-24-19(13(2)27)29-20-25-23-18(26(20)3)14-8-10-15(28-4)11-9-14/h5-11,22H,1-4H3/b24-19-. The number of anilines is 1. The summed E-state index contributed by atoms with van der Waals surface area (Å²) in [6.07, 6.45) is 0. The van der Waals surface area contributed by atoms with Crippen LogP contribution in [-0.4, -0.2) is 32.7 Å². The van der Waals surface area contributed by atoms with Gasteiger partial charge in [-0.1, -0.05) is 17.7 Å². The first-order chi connectivity index (χ1) is 13.9. The van der Waals surface area contributed by atoms with Crippen LogP contribution in [0.3, 0.4) is 0 Å². The van der Waals surface area contributed by atoms with Crippen LogP contribution in [-0.2, 0) is 11.8 Å². The topological polar surface area (TPSA) is 81.4 Å². The van der Waals surface area contributed by atoms with Gasteiger partial charge in [-0.3, -0.25) is 10.2 Å². The van der Waals surface area contributed by atoms with E-state index in [1.54, 1.807) is 13.2 Å². The molecule has 0 saturated carbocycles. The Morgan fingerprint density at radius 3 is 2.59 bits per heavy atom. The Labute approximate surface area is 178 Å². The van der Waals surface area contributed by atoms with Crippen molar-refractivity contribution < 1.29 is 9.53 Å². The molecule has 29 heavy (non-hydrogen) atoms. The Hall–Kier alpha value is -2.84. The lowest BCUT2D eigenvalue weighted by Crippen LogP contribution is -2.10. The summed E-state index contributed by atoms with van der Waals surface area (Å²) in [7, 11) is 3.46. The van der Waals surface area contributed by atoms with Crippen molar-refractivity contribution in [3.63, 3.8) is 0 Å². The van der Waals surface area contributed by atoms with Gasteiger partial charge in [0.2, 0.25) is 0 Å². The lowest BCUT2D eigenvalue weighted by molar-refractivity contribution is -0.110. The molecule has 9 heteroatoms. The molecule has 0 radical (unpaired) electrons. The molecule has 0 aliphatic heterocycles. The third kappa shape index (κ3) is 4.78. The molecule has 1 aromatic heterocycles. The van der Waals surface area contributed by atoms with Crippen molar-refractivity contribution in [2.45, 2.75) is 19.0 Å². The number of carbonyl (C=O) groups is 1. The molecule has 0 saturated heterocycles. The highest BCUT2D eigenvalue weighted by molar-refractivity contribution is 8.15. The average Bonchev–Trinajstić information content (AvgIpc) is 3.08. The normalized spacial score (nSPS) is 11.4. The molecule has 0 aliphatic carbocycles. The van der Waals surface area contributed by atoms with Crippen LogP contribution in [0, 0.1) is 6.92 Å². The van der Waals surface area contributed by atoms with Crippen LogP contribution < -0.4 is 10.2 Å². The average molecular weight is 430 g/mol. The van der Waals surface area contributed by atoms with E-state index in [0.29, 0.717) is 16.0 Å². The van der Waals surface area contributed by atoms with Crippen molar-refractivity contribution in [3.8, 4) is 17.1 Å². The fourth-order valence-corrected chi connectivity index (χ4v) is 3.38. The molecule has 1 N–H and O–H groups in total. The van der Waals surface area contributed by atoms with Gasteiger partial charge < -0.3 is 9.30 Å². The number of hydrogen-bond acceptors (Lipinski definition) is 7. The minimum Gasteiger partial charge on any atom is -0.497 e. The molecular formula is C20H20ClN5O2S. The molecule has 0 fully saturated rings. The minimum atomic E-state index is -0.184. The number of aromatic nitrogens is 3. The number of hydrogen-bond donors (Lipinski definition) is 1. The van der Waals surface area contributed by atoms with Crippen molar-refractivity contribution in [2.24, 2.45) is 12.1 Å². The Morgan fingerprint density at radius 2 is 1.93 bits per heavy atom. The van der Waals surface area contributed by atoms with Gasteiger partial charge in [0, 0.05) is 24.6 Å².